The maximum atomic E-state index is 12.3. The van der Waals surface area contributed by atoms with Crippen molar-refractivity contribution >= 4 is 27.7 Å². The number of amides is 2. The summed E-state index contributed by atoms with van der Waals surface area (Å²) in [6, 6.07) is 4.69. The lowest BCUT2D eigenvalue weighted by atomic mass is 10.1. The van der Waals surface area contributed by atoms with Crippen molar-refractivity contribution in [2.45, 2.75) is 24.2 Å². The van der Waals surface area contributed by atoms with Crippen molar-refractivity contribution in [3.05, 3.63) is 34.7 Å². The Hall–Kier alpha value is -2.15. The summed E-state index contributed by atoms with van der Waals surface area (Å²) in [7, 11) is -3.41. The number of carbonyl (C=O) groups is 2. The molecule has 2 heterocycles. The molecule has 6 nitrogen and oxygen atoms in total. The van der Waals surface area contributed by atoms with Crippen LogP contribution in [-0.4, -0.2) is 44.8 Å². The number of fused-ring (bicyclic) bond motifs is 1. The summed E-state index contributed by atoms with van der Waals surface area (Å²) in [4.78, 5) is 25.7. The first-order valence-electron chi connectivity index (χ1n) is 7.61. The molecule has 1 saturated heterocycles. The fourth-order valence-electron chi connectivity index (χ4n) is 2.90. The Morgan fingerprint density at radius 2 is 2.13 bits per heavy atom. The largest absolute Gasteiger partial charge is 0.352 e. The van der Waals surface area contributed by atoms with Crippen LogP contribution in [0.15, 0.2) is 28.5 Å². The summed E-state index contributed by atoms with van der Waals surface area (Å²) in [6.45, 7) is 1.88. The van der Waals surface area contributed by atoms with E-state index in [0.717, 1.165) is 18.4 Å². The standard InChI is InChI=1S/C16H18N2O4S/c19-15-6-2-9-18(15)10-3-8-17-16(20)13-4-1-5-14-12(13)7-11-23(14,21)22/h1,4-5,7,11H,2-3,6,8-10H2,(H,17,20). The number of benzene rings is 1. The third-order valence-corrected chi connectivity index (χ3v) is 5.56. The minimum Gasteiger partial charge on any atom is -0.352 e. The Bertz CT molecular complexity index is 783. The molecule has 2 aliphatic rings. The Morgan fingerprint density at radius 3 is 2.87 bits per heavy atom. The Kier molecular flexibility index (Phi) is 4.21. The zero-order chi connectivity index (χ0) is 16.4. The van der Waals surface area contributed by atoms with Crippen molar-refractivity contribution in [1.29, 1.82) is 0 Å². The van der Waals surface area contributed by atoms with Crippen molar-refractivity contribution in [1.82, 2.24) is 10.2 Å². The number of nitrogens with one attached hydrogen (secondary N) is 1. The van der Waals surface area contributed by atoms with E-state index in [2.05, 4.69) is 5.32 Å². The van der Waals surface area contributed by atoms with E-state index >= 15 is 0 Å². The third-order valence-electron chi connectivity index (χ3n) is 4.09. The number of likely N-dealkylation sites (tertiary alicyclic amines) is 1. The number of hydrogen-bond acceptors (Lipinski definition) is 4. The van der Waals surface area contributed by atoms with Crippen LogP contribution >= 0.6 is 0 Å². The van der Waals surface area contributed by atoms with Crippen molar-refractivity contribution in [2.75, 3.05) is 19.6 Å². The predicted molar refractivity (Wildman–Crippen MR) is 85.4 cm³/mol. The summed E-state index contributed by atoms with van der Waals surface area (Å²) in [5.41, 5.74) is 0.803. The SMILES string of the molecule is O=C(NCCCN1CCCC1=O)c1cccc2c1C=CS2(=O)=O. The van der Waals surface area contributed by atoms with Crippen LogP contribution in [0.1, 0.15) is 35.2 Å². The molecule has 0 unspecified atom stereocenters. The van der Waals surface area contributed by atoms with E-state index < -0.39 is 9.84 Å². The maximum Gasteiger partial charge on any atom is 0.251 e. The topological polar surface area (TPSA) is 83.6 Å². The quantitative estimate of drug-likeness (QED) is 0.820. The van der Waals surface area contributed by atoms with E-state index in [9.17, 15) is 18.0 Å². The number of sulfone groups is 1. The molecule has 0 saturated carbocycles. The highest BCUT2D eigenvalue weighted by atomic mass is 32.2. The van der Waals surface area contributed by atoms with Gasteiger partial charge >= 0.3 is 0 Å². The number of hydrogen-bond donors (Lipinski definition) is 1. The first-order chi connectivity index (χ1) is 11.0. The van der Waals surface area contributed by atoms with E-state index in [1.807, 2.05) is 4.90 Å². The van der Waals surface area contributed by atoms with Gasteiger partial charge in [-0.1, -0.05) is 6.07 Å². The molecule has 2 amide bonds. The van der Waals surface area contributed by atoms with Crippen molar-refractivity contribution in [2.24, 2.45) is 0 Å². The molecule has 0 radical (unpaired) electrons. The lowest BCUT2D eigenvalue weighted by Gasteiger charge is -2.15. The normalized spacial score (nSPS) is 18.3. The Labute approximate surface area is 135 Å². The molecule has 3 rings (SSSR count). The van der Waals surface area contributed by atoms with Crippen LogP contribution in [0.2, 0.25) is 0 Å². The summed E-state index contributed by atoms with van der Waals surface area (Å²) in [6.07, 6.45) is 3.66. The summed E-state index contributed by atoms with van der Waals surface area (Å²) in [5, 5.41) is 3.91. The van der Waals surface area contributed by atoms with Gasteiger partial charge in [0.25, 0.3) is 5.91 Å². The van der Waals surface area contributed by atoms with Crippen LogP contribution in [-0.2, 0) is 14.6 Å². The molecule has 0 aromatic heterocycles. The predicted octanol–water partition coefficient (Wildman–Crippen LogP) is 1.19. The molecule has 0 atom stereocenters. The molecule has 1 N–H and O–H groups in total. The van der Waals surface area contributed by atoms with Gasteiger partial charge in [-0.25, -0.2) is 8.42 Å². The van der Waals surface area contributed by atoms with Crippen molar-refractivity contribution in [3.8, 4) is 0 Å². The Morgan fingerprint density at radius 1 is 1.30 bits per heavy atom. The fourth-order valence-corrected chi connectivity index (χ4v) is 4.12. The minimum atomic E-state index is -3.41. The van der Waals surface area contributed by atoms with Crippen LogP contribution in [0.4, 0.5) is 0 Å². The molecule has 2 aliphatic heterocycles. The van der Waals surface area contributed by atoms with E-state index in [1.54, 1.807) is 12.1 Å². The molecule has 1 aromatic carbocycles. The van der Waals surface area contributed by atoms with Gasteiger partial charge < -0.3 is 10.2 Å². The van der Waals surface area contributed by atoms with Crippen LogP contribution in [0.5, 0.6) is 0 Å². The van der Waals surface area contributed by atoms with Crippen LogP contribution in [0.3, 0.4) is 0 Å². The van der Waals surface area contributed by atoms with Gasteiger partial charge in [0.05, 0.1) is 4.90 Å². The fraction of sp³-hybridized carbons (Fsp3) is 0.375. The molecule has 1 fully saturated rings. The molecule has 0 spiro atoms. The average Bonchev–Trinajstić information content (AvgIpc) is 3.07. The van der Waals surface area contributed by atoms with Gasteiger partial charge in [0.15, 0.2) is 9.84 Å². The average molecular weight is 334 g/mol. The first kappa shape index (κ1) is 15.7. The summed E-state index contributed by atoms with van der Waals surface area (Å²) in [5.74, 6) is -0.121. The molecule has 0 bridgehead atoms. The third kappa shape index (κ3) is 3.14. The minimum absolute atomic E-state index is 0.174. The van der Waals surface area contributed by atoms with Gasteiger partial charge in [-0.2, -0.15) is 0 Å². The molecular formula is C16H18N2O4S. The lowest BCUT2D eigenvalue weighted by molar-refractivity contribution is -0.127. The summed E-state index contributed by atoms with van der Waals surface area (Å²) >= 11 is 0. The number of carbonyl (C=O) groups excluding carboxylic acids is 2. The second kappa shape index (κ2) is 6.16. The van der Waals surface area contributed by atoms with Gasteiger partial charge in [0.2, 0.25) is 5.91 Å². The Balaban J connectivity index is 1.59. The van der Waals surface area contributed by atoms with E-state index in [-0.39, 0.29) is 16.7 Å². The number of rotatable bonds is 5. The van der Waals surface area contributed by atoms with Gasteiger partial charge in [0, 0.05) is 42.6 Å². The molecule has 1 aromatic rings. The maximum absolute atomic E-state index is 12.3. The molecule has 0 aliphatic carbocycles. The smallest absolute Gasteiger partial charge is 0.251 e. The first-order valence-corrected chi connectivity index (χ1v) is 9.16. The van der Waals surface area contributed by atoms with E-state index in [4.69, 9.17) is 0 Å². The second-order valence-corrected chi connectivity index (χ2v) is 7.46. The molecule has 122 valence electrons. The van der Waals surface area contributed by atoms with Crippen molar-refractivity contribution in [3.63, 3.8) is 0 Å². The zero-order valence-corrected chi connectivity index (χ0v) is 13.4. The molecule has 7 heteroatoms. The molecular weight excluding hydrogens is 316 g/mol. The molecule has 23 heavy (non-hydrogen) atoms. The van der Waals surface area contributed by atoms with Gasteiger partial charge in [-0.3, -0.25) is 9.59 Å². The van der Waals surface area contributed by atoms with E-state index in [0.29, 0.717) is 37.1 Å². The van der Waals surface area contributed by atoms with Gasteiger partial charge in [0.1, 0.15) is 0 Å². The summed E-state index contributed by atoms with van der Waals surface area (Å²) < 4.78 is 23.6. The van der Waals surface area contributed by atoms with E-state index in [1.165, 1.54) is 12.1 Å². The highest BCUT2D eigenvalue weighted by molar-refractivity contribution is 7.94. The monoisotopic (exact) mass is 334 g/mol. The van der Waals surface area contributed by atoms with Crippen LogP contribution in [0, 0.1) is 0 Å². The second-order valence-electron chi connectivity index (χ2n) is 5.66. The van der Waals surface area contributed by atoms with Crippen LogP contribution in [0.25, 0.3) is 6.08 Å². The van der Waals surface area contributed by atoms with Crippen molar-refractivity contribution < 1.29 is 18.0 Å². The zero-order valence-electron chi connectivity index (χ0n) is 12.6. The van der Waals surface area contributed by atoms with Gasteiger partial charge in [-0.15, -0.1) is 0 Å². The van der Waals surface area contributed by atoms with Gasteiger partial charge in [-0.05, 0) is 31.1 Å². The van der Waals surface area contributed by atoms with Crippen LogP contribution < -0.4 is 5.32 Å². The highest BCUT2D eigenvalue weighted by Crippen LogP contribution is 2.29. The lowest BCUT2D eigenvalue weighted by Crippen LogP contribution is -2.30. The highest BCUT2D eigenvalue weighted by Gasteiger charge is 2.25. The number of nitrogens with zero attached hydrogens (tertiary/aromatic N) is 1.